The molecule has 1 N–H and O–H groups in total. The van der Waals surface area contributed by atoms with Crippen LogP contribution in [0.4, 0.5) is 0 Å². The van der Waals surface area contributed by atoms with Crippen molar-refractivity contribution in [2.45, 2.75) is 5.16 Å². The van der Waals surface area contributed by atoms with Gasteiger partial charge in [-0.05, 0) is 18.4 Å². The second-order valence-corrected chi connectivity index (χ2v) is 5.13. The molecule has 18 heavy (non-hydrogen) atoms. The van der Waals surface area contributed by atoms with E-state index in [2.05, 4.69) is 25.9 Å². The largest absolute Gasteiger partial charge is 0.300 e. The van der Waals surface area contributed by atoms with Crippen LogP contribution in [0, 0.1) is 11.3 Å². The zero-order chi connectivity index (χ0) is 13.1. The number of benzene rings is 1. The number of halogens is 1. The Morgan fingerprint density at radius 2 is 2.28 bits per heavy atom. The number of H-pyrrole nitrogens is 1. The molecular formula is C12H8BrN3OS. The molecule has 0 aliphatic rings. The molecule has 0 radical (unpaired) electrons. The molecule has 0 aliphatic carbocycles. The third-order valence-electron chi connectivity index (χ3n) is 2.30. The van der Waals surface area contributed by atoms with Crippen LogP contribution in [0.1, 0.15) is 5.56 Å². The van der Waals surface area contributed by atoms with E-state index in [0.29, 0.717) is 10.9 Å². The van der Waals surface area contributed by atoms with Gasteiger partial charge in [-0.1, -0.05) is 39.8 Å². The van der Waals surface area contributed by atoms with Gasteiger partial charge in [-0.2, -0.15) is 5.26 Å². The Labute approximate surface area is 116 Å². The molecule has 0 bridgehead atoms. The Bertz CT molecular complexity index is 690. The van der Waals surface area contributed by atoms with E-state index in [9.17, 15) is 4.79 Å². The van der Waals surface area contributed by atoms with E-state index in [-0.39, 0.29) is 5.56 Å². The highest BCUT2D eigenvalue weighted by Crippen LogP contribution is 2.23. The van der Waals surface area contributed by atoms with Crippen molar-refractivity contribution < 1.29 is 0 Å². The molecule has 0 saturated heterocycles. The van der Waals surface area contributed by atoms with Gasteiger partial charge in [0.15, 0.2) is 5.16 Å². The predicted octanol–water partition coefficient (Wildman–Crippen LogP) is 2.79. The van der Waals surface area contributed by atoms with Crippen LogP contribution in [0.2, 0.25) is 0 Å². The van der Waals surface area contributed by atoms with Crippen LogP contribution in [0.5, 0.6) is 0 Å². The Hall–Kier alpha value is -1.58. The topological polar surface area (TPSA) is 69.5 Å². The highest BCUT2D eigenvalue weighted by Gasteiger charge is 2.13. The van der Waals surface area contributed by atoms with E-state index in [1.54, 1.807) is 0 Å². The van der Waals surface area contributed by atoms with Gasteiger partial charge in [-0.3, -0.25) is 4.79 Å². The minimum absolute atomic E-state index is 0.0332. The molecule has 4 nitrogen and oxygen atoms in total. The Morgan fingerprint density at radius 1 is 1.50 bits per heavy atom. The second-order valence-electron chi connectivity index (χ2n) is 3.42. The lowest BCUT2D eigenvalue weighted by atomic mass is 10.1. The van der Waals surface area contributed by atoms with Gasteiger partial charge >= 0.3 is 0 Å². The lowest BCUT2D eigenvalue weighted by Gasteiger charge is -2.05. The van der Waals surface area contributed by atoms with Crippen molar-refractivity contribution in [3.63, 3.8) is 0 Å². The first-order valence-electron chi connectivity index (χ1n) is 5.00. The van der Waals surface area contributed by atoms with Crippen LogP contribution in [0.3, 0.4) is 0 Å². The van der Waals surface area contributed by atoms with Crippen molar-refractivity contribution in [1.29, 1.82) is 5.26 Å². The van der Waals surface area contributed by atoms with Crippen LogP contribution in [0.15, 0.2) is 38.7 Å². The quantitative estimate of drug-likeness (QED) is 0.682. The zero-order valence-electron chi connectivity index (χ0n) is 9.40. The highest BCUT2D eigenvalue weighted by molar-refractivity contribution is 9.10. The zero-order valence-corrected chi connectivity index (χ0v) is 11.8. The number of nitrogens with zero attached hydrogens (tertiary/aromatic N) is 2. The molecule has 0 spiro atoms. The molecule has 2 rings (SSSR count). The summed E-state index contributed by atoms with van der Waals surface area (Å²) in [5, 5.41) is 9.56. The molecule has 0 atom stereocenters. The van der Waals surface area contributed by atoms with Gasteiger partial charge in [0.05, 0.1) is 5.69 Å². The maximum Gasteiger partial charge on any atom is 0.270 e. The van der Waals surface area contributed by atoms with E-state index in [4.69, 9.17) is 5.26 Å². The van der Waals surface area contributed by atoms with E-state index >= 15 is 0 Å². The minimum atomic E-state index is -0.410. The molecule has 90 valence electrons. The minimum Gasteiger partial charge on any atom is -0.300 e. The number of thioether (sulfide) groups is 1. The smallest absolute Gasteiger partial charge is 0.270 e. The number of rotatable bonds is 2. The van der Waals surface area contributed by atoms with E-state index in [1.165, 1.54) is 11.8 Å². The molecule has 0 amide bonds. The number of hydrogen-bond acceptors (Lipinski definition) is 4. The Morgan fingerprint density at radius 3 is 2.89 bits per heavy atom. The van der Waals surface area contributed by atoms with Crippen LogP contribution in [-0.4, -0.2) is 16.2 Å². The Balaban J connectivity index is 2.74. The summed E-state index contributed by atoms with van der Waals surface area (Å²) in [7, 11) is 0. The lowest BCUT2D eigenvalue weighted by molar-refractivity contribution is 0.937. The molecule has 0 aliphatic heterocycles. The van der Waals surface area contributed by atoms with E-state index in [0.717, 1.165) is 10.0 Å². The van der Waals surface area contributed by atoms with Crippen LogP contribution in [-0.2, 0) is 0 Å². The third-order valence-corrected chi connectivity index (χ3v) is 3.37. The first-order chi connectivity index (χ1) is 8.65. The van der Waals surface area contributed by atoms with Crippen molar-refractivity contribution >= 4 is 27.7 Å². The first-order valence-corrected chi connectivity index (χ1v) is 7.02. The molecule has 6 heteroatoms. The molecule has 0 fully saturated rings. The summed E-state index contributed by atoms with van der Waals surface area (Å²) in [4.78, 5) is 18.6. The van der Waals surface area contributed by atoms with Gasteiger partial charge in [-0.15, -0.1) is 0 Å². The predicted molar refractivity (Wildman–Crippen MR) is 74.5 cm³/mol. The molecule has 1 aromatic carbocycles. The maximum absolute atomic E-state index is 11.8. The van der Waals surface area contributed by atoms with Crippen molar-refractivity contribution in [3.05, 3.63) is 44.7 Å². The summed E-state index contributed by atoms with van der Waals surface area (Å²) in [5.74, 6) is 0. The fourth-order valence-electron chi connectivity index (χ4n) is 1.50. The monoisotopic (exact) mass is 321 g/mol. The SMILES string of the molecule is CSc1nc(-c2cccc(Br)c2)c(C#N)c(=O)[nH]1. The van der Waals surface area contributed by atoms with E-state index in [1.807, 2.05) is 36.6 Å². The highest BCUT2D eigenvalue weighted by atomic mass is 79.9. The number of aromatic nitrogens is 2. The maximum atomic E-state index is 11.8. The average Bonchev–Trinajstić information content (AvgIpc) is 2.37. The number of hydrogen-bond donors (Lipinski definition) is 1. The molecule has 0 saturated carbocycles. The molecular weight excluding hydrogens is 314 g/mol. The second kappa shape index (κ2) is 5.38. The van der Waals surface area contributed by atoms with Crippen molar-refractivity contribution in [1.82, 2.24) is 9.97 Å². The van der Waals surface area contributed by atoms with Crippen molar-refractivity contribution in [2.24, 2.45) is 0 Å². The summed E-state index contributed by atoms with van der Waals surface area (Å²) in [6.45, 7) is 0. The van der Waals surface area contributed by atoms with Crippen molar-refractivity contribution in [2.75, 3.05) is 6.26 Å². The number of aromatic amines is 1. The van der Waals surface area contributed by atoms with Gasteiger partial charge in [0.1, 0.15) is 11.6 Å². The fourth-order valence-corrected chi connectivity index (χ4v) is 2.27. The normalized spacial score (nSPS) is 10.1. The van der Waals surface area contributed by atoms with Crippen LogP contribution >= 0.6 is 27.7 Å². The van der Waals surface area contributed by atoms with Crippen LogP contribution in [0.25, 0.3) is 11.3 Å². The first kappa shape index (κ1) is 12.9. The molecule has 1 heterocycles. The molecule has 1 aromatic heterocycles. The van der Waals surface area contributed by atoms with Gasteiger partial charge < -0.3 is 4.98 Å². The summed E-state index contributed by atoms with van der Waals surface area (Å²) >= 11 is 4.69. The van der Waals surface area contributed by atoms with Crippen LogP contribution < -0.4 is 5.56 Å². The van der Waals surface area contributed by atoms with Gasteiger partial charge in [0.25, 0.3) is 5.56 Å². The standard InChI is InChI=1S/C12H8BrN3OS/c1-18-12-15-10(9(6-14)11(17)16-12)7-3-2-4-8(13)5-7/h2-5H,1H3,(H,15,16,17). The third kappa shape index (κ3) is 2.47. The Kier molecular flexibility index (Phi) is 3.84. The number of nitrogens with one attached hydrogen (secondary N) is 1. The van der Waals surface area contributed by atoms with Gasteiger partial charge in [-0.25, -0.2) is 4.98 Å². The lowest BCUT2D eigenvalue weighted by Crippen LogP contribution is -2.14. The van der Waals surface area contributed by atoms with Gasteiger partial charge in [0, 0.05) is 10.0 Å². The summed E-state index contributed by atoms with van der Waals surface area (Å²) in [5.41, 5.74) is 0.770. The fraction of sp³-hybridized carbons (Fsp3) is 0.0833. The van der Waals surface area contributed by atoms with E-state index < -0.39 is 5.56 Å². The van der Waals surface area contributed by atoms with Crippen molar-refractivity contribution in [3.8, 4) is 17.3 Å². The summed E-state index contributed by atoms with van der Waals surface area (Å²) < 4.78 is 0.872. The molecule has 0 unspecified atom stereocenters. The molecule has 2 aromatic rings. The number of nitriles is 1. The van der Waals surface area contributed by atoms with Gasteiger partial charge in [0.2, 0.25) is 0 Å². The summed E-state index contributed by atoms with van der Waals surface area (Å²) in [6.07, 6.45) is 1.81. The summed E-state index contributed by atoms with van der Waals surface area (Å²) in [6, 6.07) is 9.25. The average molecular weight is 322 g/mol.